The lowest BCUT2D eigenvalue weighted by atomic mass is 10.1. The lowest BCUT2D eigenvalue weighted by Gasteiger charge is -2.41. The van der Waals surface area contributed by atoms with Crippen LogP contribution in [0.2, 0.25) is 0 Å². The highest BCUT2D eigenvalue weighted by atomic mass is 16.5. The molecule has 0 radical (unpaired) electrons. The Morgan fingerprint density at radius 2 is 1.94 bits per heavy atom. The van der Waals surface area contributed by atoms with Gasteiger partial charge in [0.15, 0.2) is 0 Å². The van der Waals surface area contributed by atoms with Gasteiger partial charge in [0, 0.05) is 32.2 Å². The minimum atomic E-state index is -0.250. The van der Waals surface area contributed by atoms with Crippen molar-refractivity contribution < 1.29 is 19.4 Å². The quantitative estimate of drug-likeness (QED) is 0.529. The Morgan fingerprint density at radius 3 is 2.71 bits per heavy atom. The normalized spacial score (nSPS) is 24.3. The summed E-state index contributed by atoms with van der Waals surface area (Å²) in [7, 11) is 0. The summed E-state index contributed by atoms with van der Waals surface area (Å²) < 4.78 is 6.02. The summed E-state index contributed by atoms with van der Waals surface area (Å²) in [6, 6.07) is 8.82. The van der Waals surface area contributed by atoms with Gasteiger partial charge in [0.05, 0.1) is 12.6 Å². The van der Waals surface area contributed by atoms with Crippen molar-refractivity contribution in [2.24, 2.45) is 0 Å². The summed E-state index contributed by atoms with van der Waals surface area (Å²) in [5.41, 5.74) is 1.24. The van der Waals surface area contributed by atoms with E-state index in [4.69, 9.17) is 14.6 Å². The number of likely N-dealkylation sites (tertiary alicyclic amines) is 1. The minimum Gasteiger partial charge on any atom is -0.494 e. The number of hydrogen-bond acceptors (Lipinski definition) is 5. The fraction of sp³-hybridized carbons (Fsp3) is 0.667. The summed E-state index contributed by atoms with van der Waals surface area (Å²) in [5.74, 6) is 1.26. The average Bonchev–Trinajstić information content (AvgIpc) is 3.25. The molecule has 1 aromatic carbocycles. The van der Waals surface area contributed by atoms with E-state index in [1.165, 1.54) is 37.9 Å². The maximum absolute atomic E-state index is 12.6. The van der Waals surface area contributed by atoms with Crippen LogP contribution in [0.3, 0.4) is 0 Å². The minimum absolute atomic E-state index is 0.0246. The largest absolute Gasteiger partial charge is 0.494 e. The van der Waals surface area contributed by atoms with Gasteiger partial charge < -0.3 is 19.6 Å². The van der Waals surface area contributed by atoms with E-state index in [0.717, 1.165) is 57.8 Å². The molecule has 1 amide bonds. The zero-order valence-electron chi connectivity index (χ0n) is 18.7. The number of carbonyl (C=O) groups is 2. The highest BCUT2D eigenvalue weighted by molar-refractivity contribution is 5.83. The van der Waals surface area contributed by atoms with Gasteiger partial charge >= 0.3 is 0 Å². The predicted octanol–water partition coefficient (Wildman–Crippen LogP) is 2.84. The first-order chi connectivity index (χ1) is 15.1. The molecule has 3 fully saturated rings. The Kier molecular flexibility index (Phi) is 9.15. The summed E-state index contributed by atoms with van der Waals surface area (Å²) in [4.78, 5) is 28.0. The zero-order chi connectivity index (χ0) is 22.1. The van der Waals surface area contributed by atoms with Crippen molar-refractivity contribution in [3.63, 3.8) is 0 Å². The summed E-state index contributed by atoms with van der Waals surface area (Å²) in [5, 5.41) is 6.89. The molecule has 3 saturated heterocycles. The number of piperidine rings is 1. The average molecular weight is 432 g/mol. The number of hydrogen-bond donors (Lipinski definition) is 1. The second-order valence-electron chi connectivity index (χ2n) is 8.79. The molecule has 0 spiro atoms. The van der Waals surface area contributed by atoms with Gasteiger partial charge in [-0.05, 0) is 69.8 Å². The van der Waals surface area contributed by atoms with Gasteiger partial charge in [-0.15, -0.1) is 0 Å². The number of ether oxygens (including phenoxy) is 1. The van der Waals surface area contributed by atoms with E-state index in [1.54, 1.807) is 0 Å². The zero-order valence-corrected chi connectivity index (χ0v) is 18.7. The number of fused-ring (bicyclic) bond motifs is 1. The summed E-state index contributed by atoms with van der Waals surface area (Å²) in [6.45, 7) is 8.98. The molecule has 0 saturated carbocycles. The number of carbonyl (C=O) groups excluding carboxylic acids is 1. The molecule has 3 aliphatic heterocycles. The highest BCUT2D eigenvalue weighted by Crippen LogP contribution is 2.27. The molecule has 31 heavy (non-hydrogen) atoms. The Labute approximate surface area is 185 Å². The molecule has 1 N–H and O–H groups in total. The third-order valence-electron chi connectivity index (χ3n) is 6.63. The first-order valence-corrected chi connectivity index (χ1v) is 11.7. The van der Waals surface area contributed by atoms with Crippen molar-refractivity contribution in [1.82, 2.24) is 14.7 Å². The van der Waals surface area contributed by atoms with Crippen LogP contribution in [0.5, 0.6) is 5.75 Å². The van der Waals surface area contributed by atoms with Gasteiger partial charge in [0.25, 0.3) is 6.47 Å². The van der Waals surface area contributed by atoms with Gasteiger partial charge in [-0.1, -0.05) is 18.6 Å². The molecular formula is C24H37N3O4. The molecule has 0 aromatic heterocycles. The van der Waals surface area contributed by atoms with Crippen molar-refractivity contribution in [3.8, 4) is 5.75 Å². The lowest BCUT2D eigenvalue weighted by molar-refractivity contribution is -0.143. The molecule has 0 unspecified atom stereocenters. The second kappa shape index (κ2) is 12.1. The first-order valence-electron chi connectivity index (χ1n) is 11.7. The number of amides is 1. The molecule has 0 bridgehead atoms. The van der Waals surface area contributed by atoms with Crippen molar-refractivity contribution in [1.29, 1.82) is 0 Å². The topological polar surface area (TPSA) is 73.3 Å². The van der Waals surface area contributed by atoms with Crippen LogP contribution in [-0.4, -0.2) is 83.6 Å². The molecule has 2 atom stereocenters. The lowest BCUT2D eigenvalue weighted by Crippen LogP contribution is -2.58. The molecule has 0 aliphatic carbocycles. The molecule has 3 heterocycles. The molecule has 1 aromatic rings. The maximum atomic E-state index is 12.6. The van der Waals surface area contributed by atoms with E-state index >= 15 is 0 Å². The SMILES string of the molecule is C[C@H]1C(=O)N2CCC[C@@H]2CN1Cc1cccc(OCCCN2CCCCC2)c1.O=CO. The first kappa shape index (κ1) is 23.5. The molecular weight excluding hydrogens is 394 g/mol. The van der Waals surface area contributed by atoms with Crippen molar-refractivity contribution in [3.05, 3.63) is 29.8 Å². The number of carboxylic acid groups (broad SMARTS) is 1. The standard InChI is InChI=1S/C23H35N3O2.CH2O2/c1-19-23(27)26-14-6-9-21(26)18-25(19)17-20-8-5-10-22(16-20)28-15-7-13-24-11-3-2-4-12-24;2-1-3/h5,8,10,16,19,21H,2-4,6-7,9,11-15,17-18H2,1H3;1H,(H,2,3)/t19-,21+;/m0./s1. The van der Waals surface area contributed by atoms with Gasteiger partial charge in [-0.3, -0.25) is 14.5 Å². The van der Waals surface area contributed by atoms with Crippen LogP contribution in [0.25, 0.3) is 0 Å². The van der Waals surface area contributed by atoms with Crippen LogP contribution < -0.4 is 4.74 Å². The van der Waals surface area contributed by atoms with E-state index in [2.05, 4.69) is 39.8 Å². The van der Waals surface area contributed by atoms with Crippen LogP contribution in [0.1, 0.15) is 51.0 Å². The molecule has 3 aliphatic rings. The van der Waals surface area contributed by atoms with Crippen molar-refractivity contribution >= 4 is 12.4 Å². The molecule has 172 valence electrons. The van der Waals surface area contributed by atoms with Crippen molar-refractivity contribution in [2.75, 3.05) is 39.3 Å². The van der Waals surface area contributed by atoms with Crippen LogP contribution in [-0.2, 0) is 16.1 Å². The van der Waals surface area contributed by atoms with Crippen LogP contribution in [0.4, 0.5) is 0 Å². The van der Waals surface area contributed by atoms with Crippen LogP contribution in [0, 0.1) is 0 Å². The monoisotopic (exact) mass is 431 g/mol. The summed E-state index contributed by atoms with van der Waals surface area (Å²) >= 11 is 0. The van der Waals surface area contributed by atoms with E-state index in [9.17, 15) is 4.79 Å². The fourth-order valence-electron chi connectivity index (χ4n) is 4.97. The second-order valence-corrected chi connectivity index (χ2v) is 8.79. The summed E-state index contributed by atoms with van der Waals surface area (Å²) in [6.07, 6.45) is 7.46. The number of benzene rings is 1. The fourth-order valence-corrected chi connectivity index (χ4v) is 4.97. The van der Waals surface area contributed by atoms with Gasteiger partial charge in [-0.2, -0.15) is 0 Å². The van der Waals surface area contributed by atoms with Gasteiger partial charge in [0.1, 0.15) is 5.75 Å². The maximum Gasteiger partial charge on any atom is 0.290 e. The number of rotatable bonds is 7. The van der Waals surface area contributed by atoms with E-state index in [0.29, 0.717) is 11.9 Å². The smallest absolute Gasteiger partial charge is 0.290 e. The van der Waals surface area contributed by atoms with Crippen LogP contribution >= 0.6 is 0 Å². The Bertz CT molecular complexity index is 708. The van der Waals surface area contributed by atoms with E-state index in [1.807, 2.05) is 6.07 Å². The molecule has 7 nitrogen and oxygen atoms in total. The third kappa shape index (κ3) is 6.68. The van der Waals surface area contributed by atoms with E-state index in [-0.39, 0.29) is 12.5 Å². The van der Waals surface area contributed by atoms with Gasteiger partial charge in [0.2, 0.25) is 5.91 Å². The third-order valence-corrected chi connectivity index (χ3v) is 6.63. The number of piperazine rings is 1. The predicted molar refractivity (Wildman–Crippen MR) is 120 cm³/mol. The van der Waals surface area contributed by atoms with E-state index < -0.39 is 0 Å². The number of nitrogens with zero attached hydrogens (tertiary/aromatic N) is 3. The van der Waals surface area contributed by atoms with Gasteiger partial charge in [-0.25, -0.2) is 0 Å². The Balaban J connectivity index is 0.000000858. The highest BCUT2D eigenvalue weighted by Gasteiger charge is 2.39. The molecule has 4 rings (SSSR count). The van der Waals surface area contributed by atoms with Crippen LogP contribution in [0.15, 0.2) is 24.3 Å². The Morgan fingerprint density at radius 1 is 1.16 bits per heavy atom. The Hall–Kier alpha value is -2.12. The molecule has 7 heteroatoms. The van der Waals surface area contributed by atoms with Crippen molar-refractivity contribution in [2.45, 2.75) is 64.1 Å².